The SMILES string of the molecule is COCCOCCOc1ccc(-c2ncc(CCCC(F)(F)F)nc2N2CCC(C(=O)O)CC2)cc1. The van der Waals surface area contributed by atoms with Crippen molar-refractivity contribution in [1.29, 1.82) is 0 Å². The van der Waals surface area contributed by atoms with Crippen LogP contribution in [0.4, 0.5) is 19.0 Å². The topological polar surface area (TPSA) is 94.0 Å². The minimum Gasteiger partial charge on any atom is -0.491 e. The number of aryl methyl sites for hydroxylation is 1. The Balaban J connectivity index is 1.72. The molecule has 0 amide bonds. The molecule has 198 valence electrons. The summed E-state index contributed by atoms with van der Waals surface area (Å²) in [6.45, 7) is 2.80. The zero-order valence-corrected chi connectivity index (χ0v) is 20.3. The van der Waals surface area contributed by atoms with Gasteiger partial charge >= 0.3 is 12.1 Å². The first kappa shape index (κ1) is 27.7. The van der Waals surface area contributed by atoms with Gasteiger partial charge in [0.25, 0.3) is 0 Å². The van der Waals surface area contributed by atoms with Crippen LogP contribution in [0.2, 0.25) is 0 Å². The van der Waals surface area contributed by atoms with Crippen LogP contribution in [-0.2, 0) is 20.7 Å². The molecule has 0 radical (unpaired) electrons. The molecular weight excluding hydrogens is 479 g/mol. The largest absolute Gasteiger partial charge is 0.491 e. The van der Waals surface area contributed by atoms with Crippen molar-refractivity contribution >= 4 is 11.8 Å². The van der Waals surface area contributed by atoms with Crippen molar-refractivity contribution in [1.82, 2.24) is 9.97 Å². The summed E-state index contributed by atoms with van der Waals surface area (Å²) in [6, 6.07) is 7.32. The second-order valence-corrected chi connectivity index (χ2v) is 8.58. The van der Waals surface area contributed by atoms with Gasteiger partial charge in [0.2, 0.25) is 0 Å². The van der Waals surface area contributed by atoms with Crippen LogP contribution in [0, 0.1) is 5.92 Å². The van der Waals surface area contributed by atoms with E-state index in [2.05, 4.69) is 9.97 Å². The Morgan fingerprint density at radius 1 is 1.11 bits per heavy atom. The van der Waals surface area contributed by atoms with Gasteiger partial charge in [-0.1, -0.05) is 0 Å². The number of halogens is 3. The average molecular weight is 512 g/mol. The molecule has 8 nitrogen and oxygen atoms in total. The van der Waals surface area contributed by atoms with E-state index >= 15 is 0 Å². The molecule has 0 unspecified atom stereocenters. The molecule has 0 aliphatic carbocycles. The number of hydrogen-bond donors (Lipinski definition) is 1. The van der Waals surface area contributed by atoms with Crippen molar-refractivity contribution in [2.24, 2.45) is 5.92 Å². The van der Waals surface area contributed by atoms with Crippen LogP contribution >= 0.6 is 0 Å². The van der Waals surface area contributed by atoms with Gasteiger partial charge in [-0.25, -0.2) is 4.98 Å². The third-order valence-electron chi connectivity index (χ3n) is 5.90. The number of aliphatic carboxylic acids is 1. The predicted molar refractivity (Wildman–Crippen MR) is 127 cm³/mol. The molecular formula is C25H32F3N3O5. The minimum atomic E-state index is -4.21. The number of hydrogen-bond acceptors (Lipinski definition) is 7. The number of carbonyl (C=O) groups is 1. The molecule has 11 heteroatoms. The molecule has 3 rings (SSSR count). The maximum Gasteiger partial charge on any atom is 0.389 e. The summed E-state index contributed by atoms with van der Waals surface area (Å²) in [6.07, 6.45) is -2.56. The van der Waals surface area contributed by atoms with Gasteiger partial charge in [-0.05, 0) is 49.9 Å². The van der Waals surface area contributed by atoms with Crippen molar-refractivity contribution in [2.45, 2.75) is 38.3 Å². The summed E-state index contributed by atoms with van der Waals surface area (Å²) in [5.41, 5.74) is 1.85. The van der Waals surface area contributed by atoms with Crippen LogP contribution in [0.25, 0.3) is 11.3 Å². The smallest absolute Gasteiger partial charge is 0.389 e. The monoisotopic (exact) mass is 511 g/mol. The third-order valence-corrected chi connectivity index (χ3v) is 5.90. The number of benzene rings is 1. The number of alkyl halides is 3. The number of ether oxygens (including phenoxy) is 3. The first-order valence-corrected chi connectivity index (χ1v) is 12.0. The number of piperidine rings is 1. The number of aromatic nitrogens is 2. The summed E-state index contributed by atoms with van der Waals surface area (Å²) in [5.74, 6) is -0.0118. The Bertz CT molecular complexity index is 964. The van der Waals surface area contributed by atoms with Crippen molar-refractivity contribution in [3.63, 3.8) is 0 Å². The number of rotatable bonds is 13. The van der Waals surface area contributed by atoms with E-state index in [1.165, 1.54) is 6.20 Å². The van der Waals surface area contributed by atoms with Gasteiger partial charge in [0.05, 0.1) is 31.4 Å². The van der Waals surface area contributed by atoms with Gasteiger partial charge < -0.3 is 24.2 Å². The summed E-state index contributed by atoms with van der Waals surface area (Å²) in [5, 5.41) is 9.31. The zero-order chi connectivity index (χ0) is 26.0. The quantitative estimate of drug-likeness (QED) is 0.396. The average Bonchev–Trinajstić information content (AvgIpc) is 2.86. The molecule has 2 heterocycles. The van der Waals surface area contributed by atoms with Crippen molar-refractivity contribution in [3.05, 3.63) is 36.2 Å². The normalized spacial score (nSPS) is 14.7. The van der Waals surface area contributed by atoms with E-state index in [-0.39, 0.29) is 12.8 Å². The van der Waals surface area contributed by atoms with Crippen LogP contribution in [0.3, 0.4) is 0 Å². The maximum atomic E-state index is 12.6. The lowest BCUT2D eigenvalue weighted by Gasteiger charge is -2.32. The molecule has 0 spiro atoms. The predicted octanol–water partition coefficient (Wildman–Crippen LogP) is 4.37. The number of anilines is 1. The summed E-state index contributed by atoms with van der Waals surface area (Å²) >= 11 is 0. The van der Waals surface area contributed by atoms with Crippen LogP contribution in [-0.4, -0.2) is 73.8 Å². The first-order valence-electron chi connectivity index (χ1n) is 12.0. The van der Waals surface area contributed by atoms with Gasteiger partial charge in [-0.3, -0.25) is 9.78 Å². The van der Waals surface area contributed by atoms with E-state index < -0.39 is 24.5 Å². The molecule has 1 aliphatic rings. The fraction of sp³-hybridized carbons (Fsp3) is 0.560. The van der Waals surface area contributed by atoms with E-state index in [4.69, 9.17) is 14.2 Å². The molecule has 2 aromatic rings. The minimum absolute atomic E-state index is 0.0702. The Hall–Kier alpha value is -2.92. The van der Waals surface area contributed by atoms with E-state index in [9.17, 15) is 23.1 Å². The summed E-state index contributed by atoms with van der Waals surface area (Å²) in [4.78, 5) is 22.5. The van der Waals surface area contributed by atoms with Crippen LogP contribution < -0.4 is 9.64 Å². The Morgan fingerprint density at radius 2 is 1.81 bits per heavy atom. The Morgan fingerprint density at radius 3 is 2.44 bits per heavy atom. The van der Waals surface area contributed by atoms with Gasteiger partial charge in [-0.15, -0.1) is 0 Å². The third kappa shape index (κ3) is 8.63. The van der Waals surface area contributed by atoms with Gasteiger partial charge in [-0.2, -0.15) is 13.2 Å². The molecule has 1 aromatic heterocycles. The summed E-state index contributed by atoms with van der Waals surface area (Å²) in [7, 11) is 1.61. The second kappa shape index (κ2) is 13.4. The van der Waals surface area contributed by atoms with E-state index in [1.54, 1.807) is 7.11 Å². The highest BCUT2D eigenvalue weighted by atomic mass is 19.4. The first-order chi connectivity index (χ1) is 17.3. The van der Waals surface area contributed by atoms with Gasteiger partial charge in [0.15, 0.2) is 5.82 Å². The van der Waals surface area contributed by atoms with E-state index in [1.807, 2.05) is 29.2 Å². The van der Waals surface area contributed by atoms with Crippen molar-refractivity contribution < 1.29 is 37.3 Å². The van der Waals surface area contributed by atoms with Crippen molar-refractivity contribution in [2.75, 3.05) is 51.5 Å². The molecule has 0 saturated carbocycles. The molecule has 1 aliphatic heterocycles. The fourth-order valence-electron chi connectivity index (χ4n) is 3.94. The lowest BCUT2D eigenvalue weighted by molar-refractivity contribution is -0.142. The lowest BCUT2D eigenvalue weighted by Crippen LogP contribution is -2.37. The number of carboxylic acids is 1. The molecule has 1 fully saturated rings. The van der Waals surface area contributed by atoms with Crippen LogP contribution in [0.5, 0.6) is 5.75 Å². The number of methoxy groups -OCH3 is 1. The Kier molecular flexibility index (Phi) is 10.3. The van der Waals surface area contributed by atoms with Gasteiger partial charge in [0, 0.05) is 38.4 Å². The van der Waals surface area contributed by atoms with E-state index in [0.29, 0.717) is 75.3 Å². The molecule has 0 atom stereocenters. The maximum absolute atomic E-state index is 12.6. The highest BCUT2D eigenvalue weighted by Crippen LogP contribution is 2.32. The van der Waals surface area contributed by atoms with E-state index in [0.717, 1.165) is 5.56 Å². The molecule has 1 aromatic carbocycles. The molecule has 1 saturated heterocycles. The summed E-state index contributed by atoms with van der Waals surface area (Å²) < 4.78 is 53.7. The molecule has 0 bridgehead atoms. The van der Waals surface area contributed by atoms with Gasteiger partial charge in [0.1, 0.15) is 18.1 Å². The number of carboxylic acid groups (broad SMARTS) is 1. The van der Waals surface area contributed by atoms with Crippen LogP contribution in [0.1, 0.15) is 31.4 Å². The lowest BCUT2D eigenvalue weighted by atomic mass is 9.97. The highest BCUT2D eigenvalue weighted by Gasteiger charge is 2.28. The molecule has 36 heavy (non-hydrogen) atoms. The zero-order valence-electron chi connectivity index (χ0n) is 20.3. The Labute approximate surface area is 208 Å². The van der Waals surface area contributed by atoms with Crippen LogP contribution in [0.15, 0.2) is 30.5 Å². The fourth-order valence-corrected chi connectivity index (χ4v) is 3.94. The second-order valence-electron chi connectivity index (χ2n) is 8.58. The standard InChI is InChI=1S/C25H32F3N3O5/c1-34-13-14-35-15-16-36-21-6-4-18(5-7-21)22-23(31-11-8-19(9-12-31)24(32)33)30-20(17-29-22)3-2-10-25(26,27)28/h4-7,17,19H,2-3,8-16H2,1H3,(H,32,33). The van der Waals surface area contributed by atoms with Crippen molar-refractivity contribution in [3.8, 4) is 17.0 Å². The number of nitrogens with zero attached hydrogens (tertiary/aromatic N) is 3. The highest BCUT2D eigenvalue weighted by molar-refractivity contribution is 5.74. The molecule has 1 N–H and O–H groups in total.